The second kappa shape index (κ2) is 8.91. The highest BCUT2D eigenvalue weighted by molar-refractivity contribution is 8.77. The van der Waals surface area contributed by atoms with Gasteiger partial charge < -0.3 is 25.1 Å². The van der Waals surface area contributed by atoms with E-state index in [1.165, 1.54) is 12.2 Å². The van der Waals surface area contributed by atoms with E-state index in [0.717, 1.165) is 24.5 Å². The highest BCUT2D eigenvalue weighted by atomic mass is 33.1. The van der Waals surface area contributed by atoms with Gasteiger partial charge in [-0.1, -0.05) is 28.0 Å². The third kappa shape index (κ3) is 5.12. The first-order valence-corrected chi connectivity index (χ1v) is 10.9. The molecule has 2 aliphatic heterocycles. The quantitative estimate of drug-likeness (QED) is 0.231. The van der Waals surface area contributed by atoms with Crippen LogP contribution in [0.2, 0.25) is 0 Å². The number of fused-ring (bicyclic) bond motifs is 1. The van der Waals surface area contributed by atoms with Crippen molar-refractivity contribution in [3.8, 4) is 17.2 Å². The summed E-state index contributed by atoms with van der Waals surface area (Å²) in [6.45, 7) is -0.0337. The Balaban J connectivity index is 1.46. The molecule has 3 N–H and O–H groups in total. The number of nitrogens with two attached hydrogens (primary N) is 1. The van der Waals surface area contributed by atoms with Gasteiger partial charge in [0.25, 0.3) is 0 Å². The van der Waals surface area contributed by atoms with Gasteiger partial charge in [0.15, 0.2) is 17.2 Å². The monoisotopic (exact) mass is 385 g/mol. The molecule has 1 fully saturated rings. The summed E-state index contributed by atoms with van der Waals surface area (Å²) in [5.41, 5.74) is 6.26. The molecule has 1 aromatic carbocycles. The number of hydrogen-bond donors (Lipinski definition) is 2. The third-order valence-electron chi connectivity index (χ3n) is 4.07. The SMILES string of the molecule is Nc1cc2c(cc1OC(=O)CCCCC1CCSS1)OC(CCO)O2. The second-order valence-electron chi connectivity index (χ2n) is 6.06. The van der Waals surface area contributed by atoms with Crippen LogP contribution in [0, 0.1) is 0 Å². The van der Waals surface area contributed by atoms with Crippen LogP contribution in [0.25, 0.3) is 0 Å². The van der Waals surface area contributed by atoms with Gasteiger partial charge in [-0.05, 0) is 19.3 Å². The smallest absolute Gasteiger partial charge is 0.311 e. The van der Waals surface area contributed by atoms with E-state index in [1.807, 2.05) is 21.6 Å². The Kier molecular flexibility index (Phi) is 6.61. The first kappa shape index (κ1) is 18.5. The Morgan fingerprint density at radius 2 is 2.08 bits per heavy atom. The van der Waals surface area contributed by atoms with Gasteiger partial charge in [-0.25, -0.2) is 0 Å². The summed E-state index contributed by atoms with van der Waals surface area (Å²) >= 11 is 0. The van der Waals surface area contributed by atoms with Crippen molar-refractivity contribution in [3.05, 3.63) is 12.1 Å². The molecule has 25 heavy (non-hydrogen) atoms. The van der Waals surface area contributed by atoms with Gasteiger partial charge in [-0.15, -0.1) is 0 Å². The van der Waals surface area contributed by atoms with Crippen molar-refractivity contribution in [1.82, 2.24) is 0 Å². The molecule has 2 heterocycles. The van der Waals surface area contributed by atoms with Crippen LogP contribution in [-0.4, -0.2) is 35.0 Å². The Morgan fingerprint density at radius 3 is 2.80 bits per heavy atom. The number of benzene rings is 1. The van der Waals surface area contributed by atoms with Gasteiger partial charge in [-0.2, -0.15) is 0 Å². The average Bonchev–Trinajstić information content (AvgIpc) is 3.21. The Hall–Kier alpha value is -1.25. The zero-order chi connectivity index (χ0) is 17.6. The third-order valence-corrected chi connectivity index (χ3v) is 7.07. The van der Waals surface area contributed by atoms with E-state index in [-0.39, 0.29) is 12.6 Å². The number of unbranched alkanes of at least 4 members (excludes halogenated alkanes) is 1. The number of hydrogen-bond acceptors (Lipinski definition) is 8. The minimum atomic E-state index is -0.531. The Morgan fingerprint density at radius 1 is 1.28 bits per heavy atom. The summed E-state index contributed by atoms with van der Waals surface area (Å²) in [5, 5.41) is 9.68. The molecule has 0 radical (unpaired) electrons. The molecule has 0 spiro atoms. The number of aliphatic hydroxyl groups excluding tert-OH is 1. The zero-order valence-corrected chi connectivity index (χ0v) is 15.6. The van der Waals surface area contributed by atoms with Crippen LogP contribution in [0.15, 0.2) is 12.1 Å². The average molecular weight is 386 g/mol. The fraction of sp³-hybridized carbons (Fsp3) is 0.588. The normalized spacial score (nSPS) is 21.5. The van der Waals surface area contributed by atoms with Gasteiger partial charge in [0.1, 0.15) is 0 Å². The maximum atomic E-state index is 12.0. The van der Waals surface area contributed by atoms with E-state index in [0.29, 0.717) is 35.8 Å². The van der Waals surface area contributed by atoms with E-state index in [9.17, 15) is 4.79 Å². The molecule has 0 aromatic heterocycles. The maximum Gasteiger partial charge on any atom is 0.311 e. The van der Waals surface area contributed by atoms with Crippen LogP contribution >= 0.6 is 21.6 Å². The molecule has 0 saturated carbocycles. The Labute approximate surface area is 155 Å². The number of nitrogen functional groups attached to an aromatic ring is 1. The number of aliphatic hydroxyl groups is 1. The molecule has 0 bridgehead atoms. The standard InChI is InChI=1S/C17H23NO5S2/c18-12-9-14-15(23-17(22-14)5-7-19)10-13(12)21-16(20)4-2-1-3-11-6-8-24-25-11/h9-11,17,19H,1-8,18H2. The van der Waals surface area contributed by atoms with Gasteiger partial charge in [-0.3, -0.25) is 4.79 Å². The minimum Gasteiger partial charge on any atom is -0.451 e. The van der Waals surface area contributed by atoms with E-state index in [1.54, 1.807) is 12.1 Å². The summed E-state index contributed by atoms with van der Waals surface area (Å²) in [4.78, 5) is 12.0. The van der Waals surface area contributed by atoms with Crippen molar-refractivity contribution in [2.75, 3.05) is 18.1 Å². The molecule has 8 heteroatoms. The van der Waals surface area contributed by atoms with Crippen molar-refractivity contribution in [2.24, 2.45) is 0 Å². The highest BCUT2D eigenvalue weighted by Crippen LogP contribution is 2.42. The van der Waals surface area contributed by atoms with Crippen molar-refractivity contribution in [2.45, 2.75) is 50.1 Å². The van der Waals surface area contributed by atoms with Gasteiger partial charge in [0.05, 0.1) is 12.3 Å². The second-order valence-corrected chi connectivity index (χ2v) is 8.85. The lowest BCUT2D eigenvalue weighted by Crippen LogP contribution is -2.19. The van der Waals surface area contributed by atoms with E-state index >= 15 is 0 Å². The molecule has 2 unspecified atom stereocenters. The number of anilines is 1. The lowest BCUT2D eigenvalue weighted by Gasteiger charge is -2.09. The topological polar surface area (TPSA) is 91.0 Å². The molecule has 2 atom stereocenters. The first-order chi connectivity index (χ1) is 12.2. The van der Waals surface area contributed by atoms with E-state index < -0.39 is 6.29 Å². The molecule has 3 rings (SSSR count). The summed E-state index contributed by atoms with van der Waals surface area (Å²) in [5.74, 6) is 2.22. The molecule has 1 saturated heterocycles. The van der Waals surface area contributed by atoms with E-state index in [4.69, 9.17) is 25.1 Å². The predicted molar refractivity (Wildman–Crippen MR) is 100 cm³/mol. The zero-order valence-electron chi connectivity index (χ0n) is 13.9. The highest BCUT2D eigenvalue weighted by Gasteiger charge is 2.26. The minimum absolute atomic E-state index is 0.0337. The molecular weight excluding hydrogens is 362 g/mol. The first-order valence-electron chi connectivity index (χ1n) is 8.52. The lowest BCUT2D eigenvalue weighted by molar-refractivity contribution is -0.134. The Bertz CT molecular complexity index is 607. The predicted octanol–water partition coefficient (Wildman–Crippen LogP) is 3.37. The fourth-order valence-corrected chi connectivity index (χ4v) is 5.77. The van der Waals surface area contributed by atoms with Crippen LogP contribution in [0.3, 0.4) is 0 Å². The molecular formula is C17H23NO5S2. The number of carbonyl (C=O) groups excluding carboxylic acids is 1. The van der Waals surface area contributed by atoms with Gasteiger partial charge >= 0.3 is 5.97 Å². The molecule has 0 aliphatic carbocycles. The maximum absolute atomic E-state index is 12.0. The molecule has 2 aliphatic rings. The van der Waals surface area contributed by atoms with Crippen LogP contribution in [-0.2, 0) is 4.79 Å². The van der Waals surface area contributed by atoms with Crippen LogP contribution in [0.4, 0.5) is 5.69 Å². The summed E-state index contributed by atoms with van der Waals surface area (Å²) < 4.78 is 16.4. The number of carbonyl (C=O) groups is 1. The largest absolute Gasteiger partial charge is 0.451 e. The van der Waals surface area contributed by atoms with Crippen molar-refractivity contribution in [3.63, 3.8) is 0 Å². The van der Waals surface area contributed by atoms with Crippen LogP contribution in [0.5, 0.6) is 17.2 Å². The number of ether oxygens (including phenoxy) is 3. The van der Waals surface area contributed by atoms with Crippen LogP contribution < -0.4 is 19.9 Å². The molecule has 6 nitrogen and oxygen atoms in total. The lowest BCUT2D eigenvalue weighted by atomic mass is 10.1. The van der Waals surface area contributed by atoms with Crippen molar-refractivity contribution >= 4 is 33.2 Å². The van der Waals surface area contributed by atoms with Crippen LogP contribution in [0.1, 0.15) is 38.5 Å². The van der Waals surface area contributed by atoms with Gasteiger partial charge in [0, 0.05) is 36.0 Å². The fourth-order valence-electron chi connectivity index (χ4n) is 2.74. The summed E-state index contributed by atoms with van der Waals surface area (Å²) in [7, 11) is 3.90. The summed E-state index contributed by atoms with van der Waals surface area (Å²) in [6, 6.07) is 3.16. The molecule has 1 aromatic rings. The molecule has 138 valence electrons. The van der Waals surface area contributed by atoms with Crippen molar-refractivity contribution in [1.29, 1.82) is 0 Å². The number of rotatable bonds is 8. The molecule has 0 amide bonds. The van der Waals surface area contributed by atoms with E-state index in [2.05, 4.69) is 0 Å². The number of esters is 1. The van der Waals surface area contributed by atoms with Crippen molar-refractivity contribution < 1.29 is 24.1 Å². The van der Waals surface area contributed by atoms with Gasteiger partial charge in [0.2, 0.25) is 6.29 Å². The summed E-state index contributed by atoms with van der Waals surface area (Å²) in [6.07, 6.45) is 4.49.